The molecule has 0 aliphatic carbocycles. The lowest BCUT2D eigenvalue weighted by Crippen LogP contribution is -2.48. The number of benzene rings is 1. The Bertz CT molecular complexity index is 973. The van der Waals surface area contributed by atoms with Crippen LogP contribution in [0.4, 0.5) is 5.82 Å². The number of hydrazine groups is 1. The zero-order valence-corrected chi connectivity index (χ0v) is 17.4. The van der Waals surface area contributed by atoms with Crippen LogP contribution in [0.15, 0.2) is 59.8 Å². The maximum Gasteiger partial charge on any atom is 0.233 e. The number of hydrogen-bond donors (Lipinski definition) is 3. The molecule has 2 atom stereocenters. The molecule has 1 aromatic carbocycles. The van der Waals surface area contributed by atoms with Crippen molar-refractivity contribution < 1.29 is 4.79 Å². The van der Waals surface area contributed by atoms with Gasteiger partial charge in [-0.15, -0.1) is 0 Å². The minimum absolute atomic E-state index is 0.0614. The predicted octanol–water partition coefficient (Wildman–Crippen LogP) is 3.10. The molecule has 5 rings (SSSR count). The SMILES string of the molecule is CC1(c2ccccc2)CCCCCc2cccc(n2)NC2NNC3=C2CN(C3)C1=O. The lowest BCUT2D eigenvalue weighted by molar-refractivity contribution is -0.136. The summed E-state index contributed by atoms with van der Waals surface area (Å²) in [4.78, 5) is 20.6. The van der Waals surface area contributed by atoms with Gasteiger partial charge >= 0.3 is 0 Å². The number of aryl methyl sites for hydroxylation is 1. The lowest BCUT2D eigenvalue weighted by Gasteiger charge is -2.34. The summed E-state index contributed by atoms with van der Waals surface area (Å²) >= 11 is 0. The maximum absolute atomic E-state index is 13.8. The first-order valence-corrected chi connectivity index (χ1v) is 10.9. The van der Waals surface area contributed by atoms with E-state index in [0.717, 1.165) is 54.9 Å². The Morgan fingerprint density at radius 1 is 1.03 bits per heavy atom. The monoisotopic (exact) mass is 403 g/mol. The maximum atomic E-state index is 13.8. The molecule has 4 bridgehead atoms. The number of anilines is 1. The summed E-state index contributed by atoms with van der Waals surface area (Å²) in [5.74, 6) is 1.09. The largest absolute Gasteiger partial charge is 0.350 e. The third-order valence-electron chi connectivity index (χ3n) is 6.69. The predicted molar refractivity (Wildman–Crippen MR) is 117 cm³/mol. The molecule has 0 saturated carbocycles. The van der Waals surface area contributed by atoms with Crippen molar-refractivity contribution in [2.45, 2.75) is 50.6 Å². The van der Waals surface area contributed by atoms with Crippen LogP contribution in [0, 0.1) is 0 Å². The van der Waals surface area contributed by atoms with Crippen LogP contribution in [-0.2, 0) is 16.6 Å². The highest BCUT2D eigenvalue weighted by molar-refractivity contribution is 5.88. The smallest absolute Gasteiger partial charge is 0.233 e. The Morgan fingerprint density at radius 3 is 2.77 bits per heavy atom. The van der Waals surface area contributed by atoms with Crippen molar-refractivity contribution in [2.75, 3.05) is 18.4 Å². The molecule has 2 aromatic rings. The van der Waals surface area contributed by atoms with Crippen molar-refractivity contribution in [2.24, 2.45) is 0 Å². The molecule has 156 valence electrons. The second kappa shape index (κ2) is 7.76. The zero-order valence-electron chi connectivity index (χ0n) is 17.4. The normalized spacial score (nSPS) is 26.6. The summed E-state index contributed by atoms with van der Waals surface area (Å²) < 4.78 is 0. The number of fused-ring (bicyclic) bond motifs is 3. The summed E-state index contributed by atoms with van der Waals surface area (Å²) in [7, 11) is 0. The number of rotatable bonds is 1. The van der Waals surface area contributed by atoms with Crippen LogP contribution in [0.25, 0.3) is 0 Å². The Balaban J connectivity index is 1.46. The van der Waals surface area contributed by atoms with Gasteiger partial charge in [-0.25, -0.2) is 10.4 Å². The Labute approximate surface area is 177 Å². The molecular formula is C24H29N5O. The van der Waals surface area contributed by atoms with Gasteiger partial charge in [-0.1, -0.05) is 49.2 Å². The van der Waals surface area contributed by atoms with E-state index in [2.05, 4.69) is 47.4 Å². The fourth-order valence-electron chi connectivity index (χ4n) is 4.89. The van der Waals surface area contributed by atoms with Crippen LogP contribution in [-0.4, -0.2) is 35.0 Å². The number of hydrogen-bond acceptors (Lipinski definition) is 5. The number of nitrogens with zero attached hydrogens (tertiary/aromatic N) is 2. The number of amides is 1. The highest BCUT2D eigenvalue weighted by Gasteiger charge is 2.42. The third kappa shape index (κ3) is 3.45. The zero-order chi connectivity index (χ0) is 20.6. The molecule has 3 N–H and O–H groups in total. The lowest BCUT2D eigenvalue weighted by atomic mass is 9.76. The van der Waals surface area contributed by atoms with Gasteiger partial charge in [0.1, 0.15) is 12.0 Å². The number of pyridine rings is 1. The van der Waals surface area contributed by atoms with Crippen molar-refractivity contribution >= 4 is 11.7 Å². The van der Waals surface area contributed by atoms with Crippen LogP contribution in [0.1, 0.15) is 43.9 Å². The van der Waals surface area contributed by atoms with E-state index in [0.29, 0.717) is 13.1 Å². The molecule has 4 heterocycles. The van der Waals surface area contributed by atoms with Gasteiger partial charge in [0.05, 0.1) is 17.7 Å². The molecule has 0 saturated heterocycles. The topological polar surface area (TPSA) is 69.3 Å². The molecule has 1 aromatic heterocycles. The Morgan fingerprint density at radius 2 is 1.90 bits per heavy atom. The van der Waals surface area contributed by atoms with E-state index >= 15 is 0 Å². The van der Waals surface area contributed by atoms with E-state index in [-0.39, 0.29) is 12.1 Å². The molecule has 0 radical (unpaired) electrons. The van der Waals surface area contributed by atoms with E-state index in [1.807, 2.05) is 29.2 Å². The molecule has 2 unspecified atom stereocenters. The number of aromatic nitrogens is 1. The fourth-order valence-corrected chi connectivity index (χ4v) is 4.89. The fraction of sp³-hybridized carbons (Fsp3) is 0.417. The van der Waals surface area contributed by atoms with Gasteiger partial charge in [0.15, 0.2) is 0 Å². The second-order valence-electron chi connectivity index (χ2n) is 8.78. The van der Waals surface area contributed by atoms with E-state index < -0.39 is 5.41 Å². The molecule has 3 aliphatic heterocycles. The molecule has 1 amide bonds. The molecule has 0 fully saturated rings. The highest BCUT2D eigenvalue weighted by Crippen LogP contribution is 2.35. The van der Waals surface area contributed by atoms with Crippen LogP contribution < -0.4 is 16.2 Å². The summed E-state index contributed by atoms with van der Waals surface area (Å²) in [6.45, 7) is 3.38. The average molecular weight is 404 g/mol. The first-order valence-electron chi connectivity index (χ1n) is 10.9. The number of carbonyl (C=O) groups excluding carboxylic acids is 1. The summed E-state index contributed by atoms with van der Waals surface area (Å²) in [6.07, 6.45) is 4.96. The van der Waals surface area contributed by atoms with Crippen LogP contribution in [0.3, 0.4) is 0 Å². The van der Waals surface area contributed by atoms with Gasteiger partial charge in [-0.05, 0) is 43.9 Å². The first-order chi connectivity index (χ1) is 14.6. The summed E-state index contributed by atoms with van der Waals surface area (Å²) in [6, 6.07) is 16.5. The van der Waals surface area contributed by atoms with E-state index in [9.17, 15) is 4.79 Å². The van der Waals surface area contributed by atoms with Gasteiger partial charge in [0.25, 0.3) is 0 Å². The van der Waals surface area contributed by atoms with E-state index in [4.69, 9.17) is 4.98 Å². The van der Waals surface area contributed by atoms with Crippen molar-refractivity contribution in [1.29, 1.82) is 0 Å². The van der Waals surface area contributed by atoms with E-state index in [1.54, 1.807) is 0 Å². The van der Waals surface area contributed by atoms with Crippen molar-refractivity contribution in [3.05, 3.63) is 71.1 Å². The standard InChI is InChI=1S/C24H29N5O/c1-24(17-9-4-2-5-10-17)14-7-3-6-11-18-12-8-13-21(25-18)26-22-19-15-29(23(24)30)16-20(19)27-28-22/h2,4-5,8-10,12-13,22,27-28H,3,6-7,11,14-16H2,1H3,(H,25,26). The molecule has 6 nitrogen and oxygen atoms in total. The number of carbonyl (C=O) groups is 1. The van der Waals surface area contributed by atoms with Gasteiger partial charge < -0.3 is 15.6 Å². The van der Waals surface area contributed by atoms with Gasteiger partial charge in [0, 0.05) is 17.8 Å². The Kier molecular flexibility index (Phi) is 4.95. The van der Waals surface area contributed by atoms with E-state index in [1.165, 1.54) is 5.57 Å². The second-order valence-corrected chi connectivity index (χ2v) is 8.78. The van der Waals surface area contributed by atoms with Crippen LogP contribution in [0.2, 0.25) is 0 Å². The highest BCUT2D eigenvalue weighted by atomic mass is 16.2. The first kappa shape index (κ1) is 19.1. The van der Waals surface area contributed by atoms with Crippen molar-refractivity contribution in [3.63, 3.8) is 0 Å². The summed E-state index contributed by atoms with van der Waals surface area (Å²) in [5, 5.41) is 3.49. The minimum atomic E-state index is -0.507. The third-order valence-corrected chi connectivity index (χ3v) is 6.69. The molecule has 3 aliphatic rings. The van der Waals surface area contributed by atoms with Crippen molar-refractivity contribution in [1.82, 2.24) is 20.7 Å². The Hall–Kier alpha value is -2.86. The van der Waals surface area contributed by atoms with Crippen LogP contribution in [0.5, 0.6) is 0 Å². The van der Waals surface area contributed by atoms with Crippen molar-refractivity contribution in [3.8, 4) is 0 Å². The van der Waals surface area contributed by atoms with Gasteiger partial charge in [-0.2, -0.15) is 0 Å². The molecule has 0 spiro atoms. The quantitative estimate of drug-likeness (QED) is 0.683. The van der Waals surface area contributed by atoms with Gasteiger partial charge in [-0.3, -0.25) is 4.79 Å². The average Bonchev–Trinajstić information content (AvgIpc) is 3.35. The van der Waals surface area contributed by atoms with Crippen LogP contribution >= 0.6 is 0 Å². The summed E-state index contributed by atoms with van der Waals surface area (Å²) in [5.41, 5.74) is 10.6. The minimum Gasteiger partial charge on any atom is -0.350 e. The number of nitrogens with one attached hydrogen (secondary N) is 3. The molecule has 30 heavy (non-hydrogen) atoms. The molecule has 6 heteroatoms. The molecular weight excluding hydrogens is 374 g/mol. The van der Waals surface area contributed by atoms with Gasteiger partial charge in [0.2, 0.25) is 5.91 Å².